The van der Waals surface area contributed by atoms with Gasteiger partial charge in [-0.3, -0.25) is 14.4 Å². The van der Waals surface area contributed by atoms with Crippen LogP contribution in [0.15, 0.2) is 64.4 Å². The number of rotatable bonds is 7. The number of fused-ring (bicyclic) bond motifs is 1. The van der Waals surface area contributed by atoms with Crippen LogP contribution >= 0.6 is 15.9 Å². The Morgan fingerprint density at radius 2 is 1.81 bits per heavy atom. The normalized spacial score (nSPS) is 17.4. The van der Waals surface area contributed by atoms with E-state index in [4.69, 9.17) is 4.98 Å². The number of anilines is 1. The Hall–Kier alpha value is -3.93. The minimum atomic E-state index is -4.64. The smallest absolute Gasteiger partial charge is 0.355 e. The molecule has 2 N–H and O–H groups in total. The minimum Gasteiger partial charge on any atom is -0.355 e. The van der Waals surface area contributed by atoms with E-state index >= 15 is 0 Å². The van der Waals surface area contributed by atoms with Crippen molar-refractivity contribution < 1.29 is 22.8 Å². The summed E-state index contributed by atoms with van der Waals surface area (Å²) in [6.45, 7) is 5.67. The summed E-state index contributed by atoms with van der Waals surface area (Å²) >= 11 is 2.92. The molecule has 2 amide bonds. The third-order valence-electron chi connectivity index (χ3n) is 8.22. The van der Waals surface area contributed by atoms with Crippen LogP contribution < -0.4 is 16.2 Å². The molecule has 1 unspecified atom stereocenters. The molecule has 43 heavy (non-hydrogen) atoms. The summed E-state index contributed by atoms with van der Waals surface area (Å²) in [6.07, 6.45) is 0.434. The quantitative estimate of drug-likeness (QED) is 0.317. The number of carbonyl (C=O) groups is 2. The molecule has 3 aromatic rings. The summed E-state index contributed by atoms with van der Waals surface area (Å²) in [4.78, 5) is 45.9. The SMILES string of the molecule is C=CC(Nc1nc2c(c(=O)n1-c1ccc(C(=O)NC)cc1)C[C@@H](C)N(C(=O)c1ccc(Br)c(C(F)(F)F)c1)C2)C1CCC1. The number of benzene rings is 2. The summed E-state index contributed by atoms with van der Waals surface area (Å²) in [5.74, 6) is -0.255. The minimum absolute atomic E-state index is 0.0463. The van der Waals surface area contributed by atoms with E-state index < -0.39 is 23.7 Å². The van der Waals surface area contributed by atoms with Gasteiger partial charge >= 0.3 is 6.18 Å². The molecule has 0 saturated heterocycles. The number of alkyl halides is 3. The van der Waals surface area contributed by atoms with Gasteiger partial charge < -0.3 is 15.5 Å². The lowest BCUT2D eigenvalue weighted by Crippen LogP contribution is -2.46. The van der Waals surface area contributed by atoms with Crippen LogP contribution in [-0.2, 0) is 19.1 Å². The first kappa shape index (κ1) is 30.5. The molecule has 0 bridgehead atoms. The van der Waals surface area contributed by atoms with Gasteiger partial charge in [-0.1, -0.05) is 28.4 Å². The van der Waals surface area contributed by atoms with E-state index in [-0.39, 0.29) is 46.5 Å². The summed E-state index contributed by atoms with van der Waals surface area (Å²) in [6, 6.07) is 9.35. The molecule has 2 atom stereocenters. The van der Waals surface area contributed by atoms with Crippen LogP contribution in [0.4, 0.5) is 19.1 Å². The van der Waals surface area contributed by atoms with Crippen LogP contribution in [-0.4, -0.2) is 45.4 Å². The Kier molecular flexibility index (Phi) is 8.51. The second kappa shape index (κ2) is 12.0. The number of halogens is 4. The van der Waals surface area contributed by atoms with Gasteiger partial charge in [0.15, 0.2) is 0 Å². The van der Waals surface area contributed by atoms with Crippen molar-refractivity contribution in [1.82, 2.24) is 19.8 Å². The van der Waals surface area contributed by atoms with Crippen LogP contribution in [0.2, 0.25) is 0 Å². The monoisotopic (exact) mass is 657 g/mol. The molecule has 2 heterocycles. The maximum atomic E-state index is 14.1. The van der Waals surface area contributed by atoms with Gasteiger partial charge in [-0.2, -0.15) is 13.2 Å². The summed E-state index contributed by atoms with van der Waals surface area (Å²) < 4.78 is 41.9. The highest BCUT2D eigenvalue weighted by atomic mass is 79.9. The number of nitrogens with one attached hydrogen (secondary N) is 2. The summed E-state index contributed by atoms with van der Waals surface area (Å²) in [7, 11) is 1.53. The predicted molar refractivity (Wildman–Crippen MR) is 160 cm³/mol. The second-order valence-corrected chi connectivity index (χ2v) is 11.8. The highest BCUT2D eigenvalue weighted by Crippen LogP contribution is 2.36. The van der Waals surface area contributed by atoms with Gasteiger partial charge in [-0.05, 0) is 74.6 Å². The Bertz CT molecular complexity index is 1630. The highest BCUT2D eigenvalue weighted by molar-refractivity contribution is 9.10. The van der Waals surface area contributed by atoms with Crippen LogP contribution in [0.1, 0.15) is 63.7 Å². The largest absolute Gasteiger partial charge is 0.417 e. The maximum Gasteiger partial charge on any atom is 0.417 e. The van der Waals surface area contributed by atoms with E-state index in [0.29, 0.717) is 28.4 Å². The molecule has 1 fully saturated rings. The first-order valence-corrected chi connectivity index (χ1v) is 14.8. The zero-order valence-electron chi connectivity index (χ0n) is 23.7. The number of hydrogen-bond acceptors (Lipinski definition) is 5. The zero-order chi connectivity index (χ0) is 31.1. The molecule has 226 valence electrons. The van der Waals surface area contributed by atoms with Crippen molar-refractivity contribution in [2.45, 2.75) is 57.4 Å². The highest BCUT2D eigenvalue weighted by Gasteiger charge is 2.36. The molecule has 8 nitrogen and oxygen atoms in total. The summed E-state index contributed by atoms with van der Waals surface area (Å²) in [5, 5.41) is 5.95. The number of hydrogen-bond donors (Lipinski definition) is 2. The van der Waals surface area contributed by atoms with Crippen molar-refractivity contribution in [3.05, 3.63) is 97.9 Å². The van der Waals surface area contributed by atoms with Crippen molar-refractivity contribution in [3.63, 3.8) is 0 Å². The Morgan fingerprint density at radius 3 is 2.40 bits per heavy atom. The molecule has 1 aromatic heterocycles. The molecular weight excluding hydrogens is 627 g/mol. The molecule has 5 rings (SSSR count). The van der Waals surface area contributed by atoms with Gasteiger partial charge in [0.1, 0.15) is 0 Å². The fourth-order valence-electron chi connectivity index (χ4n) is 5.53. The Labute approximate surface area is 255 Å². The molecule has 1 aliphatic heterocycles. The average Bonchev–Trinajstić information content (AvgIpc) is 2.95. The molecule has 2 aliphatic rings. The Morgan fingerprint density at radius 1 is 1.14 bits per heavy atom. The molecule has 0 spiro atoms. The fourth-order valence-corrected chi connectivity index (χ4v) is 6.00. The van der Waals surface area contributed by atoms with Crippen LogP contribution in [0.25, 0.3) is 5.69 Å². The van der Waals surface area contributed by atoms with Crippen molar-refractivity contribution in [2.24, 2.45) is 5.92 Å². The molecule has 0 radical (unpaired) electrons. The van der Waals surface area contributed by atoms with E-state index in [2.05, 4.69) is 33.1 Å². The number of carbonyl (C=O) groups excluding carboxylic acids is 2. The molecule has 1 aliphatic carbocycles. The van der Waals surface area contributed by atoms with Crippen LogP contribution in [0, 0.1) is 5.92 Å². The van der Waals surface area contributed by atoms with Crippen molar-refractivity contribution in [1.29, 1.82) is 0 Å². The molecule has 2 aromatic carbocycles. The third kappa shape index (κ3) is 5.97. The number of aromatic nitrogens is 2. The molecular formula is C31H31BrF3N5O3. The van der Waals surface area contributed by atoms with Crippen LogP contribution in [0.3, 0.4) is 0 Å². The zero-order valence-corrected chi connectivity index (χ0v) is 25.3. The summed E-state index contributed by atoms with van der Waals surface area (Å²) in [5.41, 5.74) is 0.369. The third-order valence-corrected chi connectivity index (χ3v) is 8.91. The van der Waals surface area contributed by atoms with Crippen molar-refractivity contribution in [3.8, 4) is 5.69 Å². The number of amides is 2. The van der Waals surface area contributed by atoms with Gasteiger partial charge in [0.2, 0.25) is 5.95 Å². The number of nitrogens with zero attached hydrogens (tertiary/aromatic N) is 3. The van der Waals surface area contributed by atoms with Gasteiger partial charge in [0.05, 0.1) is 23.5 Å². The van der Waals surface area contributed by atoms with E-state index in [9.17, 15) is 27.6 Å². The van der Waals surface area contributed by atoms with E-state index in [1.807, 2.05) is 0 Å². The topological polar surface area (TPSA) is 96.3 Å². The predicted octanol–water partition coefficient (Wildman–Crippen LogP) is 5.73. The fraction of sp³-hybridized carbons (Fsp3) is 0.355. The van der Waals surface area contributed by atoms with E-state index in [1.165, 1.54) is 28.6 Å². The van der Waals surface area contributed by atoms with Gasteiger partial charge in [-0.25, -0.2) is 9.55 Å². The standard InChI is InChI=1S/C31H31BrF3N5O3/c1-4-25(18-6-5-7-18)37-30-38-26-16-39(28(42)20-10-13-24(32)23(15-20)31(33,34)35)17(2)14-22(26)29(43)40(30)21-11-8-19(9-12-21)27(41)36-3/h4,8-13,15,17-18,25H,1,5-7,14,16H2,2-3H3,(H,36,41)(H,37,38)/t17-,25?/m1/s1. The second-order valence-electron chi connectivity index (χ2n) is 10.9. The molecule has 12 heteroatoms. The van der Waals surface area contributed by atoms with Gasteiger partial charge in [0.25, 0.3) is 17.4 Å². The first-order chi connectivity index (χ1) is 20.4. The first-order valence-electron chi connectivity index (χ1n) is 14.0. The van der Waals surface area contributed by atoms with Crippen molar-refractivity contribution >= 4 is 33.7 Å². The van der Waals surface area contributed by atoms with Crippen molar-refractivity contribution in [2.75, 3.05) is 12.4 Å². The lowest BCUT2D eigenvalue weighted by Gasteiger charge is -2.36. The van der Waals surface area contributed by atoms with Gasteiger partial charge in [0, 0.05) is 40.3 Å². The lowest BCUT2D eigenvalue weighted by atomic mass is 9.80. The Balaban J connectivity index is 1.55. The maximum absolute atomic E-state index is 14.1. The van der Waals surface area contributed by atoms with Gasteiger partial charge in [-0.15, -0.1) is 6.58 Å². The average molecular weight is 659 g/mol. The molecule has 1 saturated carbocycles. The van der Waals surface area contributed by atoms with Crippen LogP contribution in [0.5, 0.6) is 0 Å². The van der Waals surface area contributed by atoms with E-state index in [0.717, 1.165) is 25.3 Å². The van der Waals surface area contributed by atoms with E-state index in [1.54, 1.807) is 37.3 Å². The lowest BCUT2D eigenvalue weighted by molar-refractivity contribution is -0.138.